The molecule has 0 spiro atoms. The minimum absolute atomic E-state index is 0.0556. The molecule has 0 aliphatic heterocycles. The van der Waals surface area contributed by atoms with Crippen molar-refractivity contribution in [3.63, 3.8) is 0 Å². The Balaban J connectivity index is 1.90. The number of anilines is 1. The quantitative estimate of drug-likeness (QED) is 0.756. The molecule has 0 saturated carbocycles. The first-order valence-corrected chi connectivity index (χ1v) is 6.77. The SMILES string of the molecule is CNCCCC(=O)Nc1cccc(Cn2ccnc2)c1. The number of amides is 1. The van der Waals surface area contributed by atoms with Gasteiger partial charge in [0.05, 0.1) is 6.33 Å². The molecule has 0 atom stereocenters. The molecule has 5 nitrogen and oxygen atoms in total. The number of carbonyl (C=O) groups excluding carboxylic acids is 1. The van der Waals surface area contributed by atoms with Gasteiger partial charge in [-0.05, 0) is 37.7 Å². The molecule has 106 valence electrons. The molecular formula is C15H20N4O. The zero-order valence-electron chi connectivity index (χ0n) is 11.7. The van der Waals surface area contributed by atoms with Crippen LogP contribution >= 0.6 is 0 Å². The lowest BCUT2D eigenvalue weighted by molar-refractivity contribution is -0.116. The Kier molecular flexibility index (Phi) is 5.32. The molecule has 1 heterocycles. The molecule has 0 radical (unpaired) electrons. The standard InChI is InChI=1S/C15H20N4O/c1-16-7-3-6-15(20)18-14-5-2-4-13(10-14)11-19-9-8-17-12-19/h2,4-5,8-10,12,16H,3,6-7,11H2,1H3,(H,18,20). The molecule has 2 aromatic rings. The van der Waals surface area contributed by atoms with Crippen LogP contribution in [-0.2, 0) is 11.3 Å². The monoisotopic (exact) mass is 272 g/mol. The highest BCUT2D eigenvalue weighted by Crippen LogP contribution is 2.12. The molecule has 1 aromatic carbocycles. The first-order valence-electron chi connectivity index (χ1n) is 6.77. The van der Waals surface area contributed by atoms with Crippen LogP contribution < -0.4 is 10.6 Å². The first-order chi connectivity index (χ1) is 9.78. The summed E-state index contributed by atoms with van der Waals surface area (Å²) in [7, 11) is 1.89. The summed E-state index contributed by atoms with van der Waals surface area (Å²) in [6, 6.07) is 7.90. The third kappa shape index (κ3) is 4.51. The predicted molar refractivity (Wildman–Crippen MR) is 79.6 cm³/mol. The fraction of sp³-hybridized carbons (Fsp3) is 0.333. The first kappa shape index (κ1) is 14.3. The van der Waals surface area contributed by atoms with Crippen molar-refractivity contribution in [3.8, 4) is 0 Å². The van der Waals surface area contributed by atoms with Gasteiger partial charge in [-0.15, -0.1) is 0 Å². The second-order valence-corrected chi connectivity index (χ2v) is 4.69. The van der Waals surface area contributed by atoms with Crippen LogP contribution in [0.4, 0.5) is 5.69 Å². The average Bonchev–Trinajstić information content (AvgIpc) is 2.92. The summed E-state index contributed by atoms with van der Waals surface area (Å²) in [5.41, 5.74) is 1.98. The maximum Gasteiger partial charge on any atom is 0.224 e. The van der Waals surface area contributed by atoms with Gasteiger partial charge in [0.2, 0.25) is 5.91 Å². The topological polar surface area (TPSA) is 59.0 Å². The van der Waals surface area contributed by atoms with E-state index in [2.05, 4.69) is 15.6 Å². The summed E-state index contributed by atoms with van der Waals surface area (Å²) in [6.07, 6.45) is 6.84. The van der Waals surface area contributed by atoms with Crippen LogP contribution in [0.5, 0.6) is 0 Å². The highest BCUT2D eigenvalue weighted by molar-refractivity contribution is 5.90. The molecule has 0 unspecified atom stereocenters. The number of hydrogen-bond acceptors (Lipinski definition) is 3. The molecular weight excluding hydrogens is 252 g/mol. The molecule has 0 bridgehead atoms. The third-order valence-electron chi connectivity index (χ3n) is 2.97. The van der Waals surface area contributed by atoms with Gasteiger partial charge in [0.25, 0.3) is 0 Å². The number of carbonyl (C=O) groups is 1. The van der Waals surface area contributed by atoms with Crippen molar-refractivity contribution in [2.24, 2.45) is 0 Å². The summed E-state index contributed by atoms with van der Waals surface area (Å²) in [5.74, 6) is 0.0556. The van der Waals surface area contributed by atoms with E-state index in [9.17, 15) is 4.79 Å². The zero-order chi connectivity index (χ0) is 14.2. The van der Waals surface area contributed by atoms with Gasteiger partial charge in [0.15, 0.2) is 0 Å². The summed E-state index contributed by atoms with van der Waals surface area (Å²) >= 11 is 0. The number of nitrogens with one attached hydrogen (secondary N) is 2. The number of imidazole rings is 1. The second kappa shape index (κ2) is 7.45. The highest BCUT2D eigenvalue weighted by Gasteiger charge is 2.03. The number of nitrogens with zero attached hydrogens (tertiary/aromatic N) is 2. The molecule has 0 aliphatic carbocycles. The molecule has 0 aliphatic rings. The summed E-state index contributed by atoms with van der Waals surface area (Å²) < 4.78 is 1.99. The average molecular weight is 272 g/mol. The van der Waals surface area contributed by atoms with Gasteiger partial charge in [-0.2, -0.15) is 0 Å². The number of hydrogen-bond donors (Lipinski definition) is 2. The Hall–Kier alpha value is -2.14. The number of aromatic nitrogens is 2. The van der Waals surface area contributed by atoms with Crippen LogP contribution in [0.1, 0.15) is 18.4 Å². The van der Waals surface area contributed by atoms with E-state index in [1.807, 2.05) is 42.1 Å². The van der Waals surface area contributed by atoms with E-state index in [1.165, 1.54) is 0 Å². The van der Waals surface area contributed by atoms with Crippen molar-refractivity contribution in [2.75, 3.05) is 18.9 Å². The maximum atomic E-state index is 11.8. The van der Waals surface area contributed by atoms with Gasteiger partial charge in [0, 0.05) is 31.0 Å². The zero-order valence-corrected chi connectivity index (χ0v) is 11.7. The summed E-state index contributed by atoms with van der Waals surface area (Å²) in [4.78, 5) is 15.8. The minimum Gasteiger partial charge on any atom is -0.333 e. The van der Waals surface area contributed by atoms with Crippen LogP contribution in [0, 0.1) is 0 Å². The normalized spacial score (nSPS) is 10.4. The van der Waals surface area contributed by atoms with Gasteiger partial charge in [0.1, 0.15) is 0 Å². The molecule has 2 N–H and O–H groups in total. The van der Waals surface area contributed by atoms with Crippen molar-refractivity contribution in [3.05, 3.63) is 48.5 Å². The van der Waals surface area contributed by atoms with Gasteiger partial charge in [-0.1, -0.05) is 12.1 Å². The molecule has 0 saturated heterocycles. The van der Waals surface area contributed by atoms with E-state index in [1.54, 1.807) is 12.5 Å². The Morgan fingerprint density at radius 3 is 3.05 bits per heavy atom. The van der Waals surface area contributed by atoms with Gasteiger partial charge >= 0.3 is 0 Å². The van der Waals surface area contributed by atoms with E-state index in [4.69, 9.17) is 0 Å². The summed E-state index contributed by atoms with van der Waals surface area (Å²) in [5, 5.41) is 5.96. The Morgan fingerprint density at radius 2 is 2.30 bits per heavy atom. The van der Waals surface area contributed by atoms with Gasteiger partial charge in [-0.25, -0.2) is 4.98 Å². The third-order valence-corrected chi connectivity index (χ3v) is 2.97. The van der Waals surface area contributed by atoms with Crippen molar-refractivity contribution in [2.45, 2.75) is 19.4 Å². The van der Waals surface area contributed by atoms with Crippen molar-refractivity contribution >= 4 is 11.6 Å². The molecule has 2 rings (SSSR count). The largest absolute Gasteiger partial charge is 0.333 e. The second-order valence-electron chi connectivity index (χ2n) is 4.69. The smallest absolute Gasteiger partial charge is 0.224 e. The van der Waals surface area contributed by atoms with Crippen LogP contribution in [0.2, 0.25) is 0 Å². The Bertz CT molecular complexity index is 537. The highest BCUT2D eigenvalue weighted by atomic mass is 16.1. The van der Waals surface area contributed by atoms with Gasteiger partial charge in [-0.3, -0.25) is 4.79 Å². The van der Waals surface area contributed by atoms with E-state index in [0.29, 0.717) is 6.42 Å². The molecule has 5 heteroatoms. The lowest BCUT2D eigenvalue weighted by atomic mass is 10.2. The Labute approximate surface area is 119 Å². The summed E-state index contributed by atoms with van der Waals surface area (Å²) in [6.45, 7) is 1.61. The fourth-order valence-electron chi connectivity index (χ4n) is 1.99. The molecule has 20 heavy (non-hydrogen) atoms. The predicted octanol–water partition coefficient (Wildman–Crippen LogP) is 1.87. The molecule has 0 fully saturated rings. The molecule has 1 amide bonds. The van der Waals surface area contributed by atoms with E-state index >= 15 is 0 Å². The Morgan fingerprint density at radius 1 is 1.40 bits per heavy atom. The van der Waals surface area contributed by atoms with Crippen molar-refractivity contribution in [1.82, 2.24) is 14.9 Å². The number of rotatable bonds is 7. The lowest BCUT2D eigenvalue weighted by Gasteiger charge is -2.08. The fourth-order valence-corrected chi connectivity index (χ4v) is 1.99. The van der Waals surface area contributed by atoms with E-state index < -0.39 is 0 Å². The van der Waals surface area contributed by atoms with Crippen LogP contribution in [0.25, 0.3) is 0 Å². The number of benzene rings is 1. The van der Waals surface area contributed by atoms with Crippen LogP contribution in [-0.4, -0.2) is 29.1 Å². The van der Waals surface area contributed by atoms with Gasteiger partial charge < -0.3 is 15.2 Å². The van der Waals surface area contributed by atoms with Crippen molar-refractivity contribution < 1.29 is 4.79 Å². The van der Waals surface area contributed by atoms with E-state index in [0.717, 1.165) is 30.8 Å². The molecule has 1 aromatic heterocycles. The minimum atomic E-state index is 0.0556. The maximum absolute atomic E-state index is 11.8. The van der Waals surface area contributed by atoms with Crippen molar-refractivity contribution in [1.29, 1.82) is 0 Å². The lowest BCUT2D eigenvalue weighted by Crippen LogP contribution is -2.15. The van der Waals surface area contributed by atoms with E-state index in [-0.39, 0.29) is 5.91 Å². The van der Waals surface area contributed by atoms with Crippen LogP contribution in [0.15, 0.2) is 43.0 Å². The van der Waals surface area contributed by atoms with Crippen LogP contribution in [0.3, 0.4) is 0 Å².